The largest absolute Gasteiger partial charge is 0.310 e. The Bertz CT molecular complexity index is 364. The summed E-state index contributed by atoms with van der Waals surface area (Å²) < 4.78 is 0. The number of likely N-dealkylation sites (N-methyl/N-ethyl adjacent to an activating group) is 2. The number of rotatable bonds is 5. The average molecular weight is 267 g/mol. The third-order valence-corrected chi connectivity index (χ3v) is 4.76. The third-order valence-electron chi connectivity index (χ3n) is 3.68. The molecule has 0 spiro atoms. The van der Waals surface area contributed by atoms with Crippen LogP contribution in [-0.2, 0) is 6.42 Å². The minimum absolute atomic E-state index is 0.623. The van der Waals surface area contributed by atoms with Crippen molar-refractivity contribution in [2.24, 2.45) is 0 Å². The zero-order chi connectivity index (χ0) is 13.0. The van der Waals surface area contributed by atoms with Gasteiger partial charge in [0.2, 0.25) is 0 Å². The van der Waals surface area contributed by atoms with E-state index in [4.69, 9.17) is 0 Å². The fourth-order valence-electron chi connectivity index (χ4n) is 2.53. The Hall–Kier alpha value is -0.420. The Morgan fingerprint density at radius 3 is 3.06 bits per heavy atom. The molecular weight excluding hydrogens is 242 g/mol. The van der Waals surface area contributed by atoms with Gasteiger partial charge in [0.05, 0.1) is 0 Å². The van der Waals surface area contributed by atoms with E-state index in [9.17, 15) is 0 Å². The van der Waals surface area contributed by atoms with E-state index in [0.717, 1.165) is 19.6 Å². The summed E-state index contributed by atoms with van der Waals surface area (Å²) in [5.41, 5.74) is 1.45. The van der Waals surface area contributed by atoms with Gasteiger partial charge in [-0.25, -0.2) is 0 Å². The summed E-state index contributed by atoms with van der Waals surface area (Å²) in [4.78, 5) is 6.41. The SMILES string of the molecule is Cc1ccsc1CCN(C)CC1CN(C)CCN1. The fourth-order valence-corrected chi connectivity index (χ4v) is 3.43. The monoisotopic (exact) mass is 267 g/mol. The molecular formula is C14H25N3S. The van der Waals surface area contributed by atoms with E-state index >= 15 is 0 Å². The van der Waals surface area contributed by atoms with Crippen LogP contribution in [0, 0.1) is 6.92 Å². The quantitative estimate of drug-likeness (QED) is 0.871. The fraction of sp³-hybridized carbons (Fsp3) is 0.714. The number of hydrogen-bond donors (Lipinski definition) is 1. The maximum atomic E-state index is 3.60. The van der Waals surface area contributed by atoms with Crippen LogP contribution in [0.25, 0.3) is 0 Å². The van der Waals surface area contributed by atoms with Crippen molar-refractivity contribution in [1.29, 1.82) is 0 Å². The van der Waals surface area contributed by atoms with Gasteiger partial charge in [-0.3, -0.25) is 0 Å². The number of piperazine rings is 1. The first-order chi connectivity index (χ1) is 8.65. The zero-order valence-corrected chi connectivity index (χ0v) is 12.6. The van der Waals surface area contributed by atoms with Crippen LogP contribution >= 0.6 is 11.3 Å². The van der Waals surface area contributed by atoms with Gasteiger partial charge in [0, 0.05) is 43.6 Å². The van der Waals surface area contributed by atoms with Crippen molar-refractivity contribution in [3.8, 4) is 0 Å². The highest BCUT2D eigenvalue weighted by atomic mass is 32.1. The molecule has 0 amide bonds. The molecule has 1 aromatic heterocycles. The van der Waals surface area contributed by atoms with E-state index in [1.807, 2.05) is 11.3 Å². The number of nitrogens with one attached hydrogen (secondary N) is 1. The molecule has 0 saturated carbocycles. The molecule has 0 aliphatic carbocycles. The predicted molar refractivity (Wildman–Crippen MR) is 79.5 cm³/mol. The van der Waals surface area contributed by atoms with Crippen molar-refractivity contribution < 1.29 is 0 Å². The second-order valence-corrected chi connectivity index (χ2v) is 6.45. The lowest BCUT2D eigenvalue weighted by molar-refractivity contribution is 0.196. The first kappa shape index (κ1) is 14.0. The van der Waals surface area contributed by atoms with Crippen LogP contribution < -0.4 is 5.32 Å². The maximum absolute atomic E-state index is 3.60. The van der Waals surface area contributed by atoms with Crippen LogP contribution in [-0.4, -0.2) is 62.7 Å². The van der Waals surface area contributed by atoms with Gasteiger partial charge in [0.15, 0.2) is 0 Å². The van der Waals surface area contributed by atoms with Gasteiger partial charge in [-0.15, -0.1) is 11.3 Å². The Morgan fingerprint density at radius 2 is 2.39 bits per heavy atom. The second-order valence-electron chi connectivity index (χ2n) is 5.45. The smallest absolute Gasteiger partial charge is 0.0322 e. The van der Waals surface area contributed by atoms with Crippen LogP contribution in [0.3, 0.4) is 0 Å². The second kappa shape index (κ2) is 6.66. The summed E-state index contributed by atoms with van der Waals surface area (Å²) in [5, 5.41) is 5.80. The molecule has 1 fully saturated rings. The number of thiophene rings is 1. The van der Waals surface area contributed by atoms with Crippen LogP contribution in [0.15, 0.2) is 11.4 Å². The van der Waals surface area contributed by atoms with E-state index in [1.54, 1.807) is 0 Å². The minimum Gasteiger partial charge on any atom is -0.310 e. The van der Waals surface area contributed by atoms with Crippen molar-refractivity contribution in [2.75, 3.05) is 46.8 Å². The van der Waals surface area contributed by atoms with E-state index in [-0.39, 0.29) is 0 Å². The van der Waals surface area contributed by atoms with Crippen LogP contribution in [0.1, 0.15) is 10.4 Å². The van der Waals surface area contributed by atoms with Crippen molar-refractivity contribution in [3.05, 3.63) is 21.9 Å². The van der Waals surface area contributed by atoms with Crippen molar-refractivity contribution in [1.82, 2.24) is 15.1 Å². The lowest BCUT2D eigenvalue weighted by atomic mass is 10.2. The van der Waals surface area contributed by atoms with Gasteiger partial charge in [-0.2, -0.15) is 0 Å². The highest BCUT2D eigenvalue weighted by Gasteiger charge is 2.17. The van der Waals surface area contributed by atoms with E-state index in [0.29, 0.717) is 6.04 Å². The summed E-state index contributed by atoms with van der Waals surface area (Å²) in [7, 11) is 4.45. The van der Waals surface area contributed by atoms with E-state index in [2.05, 4.69) is 47.6 Å². The molecule has 102 valence electrons. The summed E-state index contributed by atoms with van der Waals surface area (Å²) in [6, 6.07) is 2.84. The normalized spacial score (nSPS) is 21.7. The lowest BCUT2D eigenvalue weighted by Crippen LogP contribution is -2.53. The van der Waals surface area contributed by atoms with E-state index < -0.39 is 0 Å². The number of hydrogen-bond acceptors (Lipinski definition) is 4. The molecule has 0 bridgehead atoms. The molecule has 1 saturated heterocycles. The molecule has 2 heterocycles. The predicted octanol–water partition coefficient (Wildman–Crippen LogP) is 1.43. The molecule has 1 N–H and O–H groups in total. The van der Waals surface area contributed by atoms with Crippen LogP contribution in [0.5, 0.6) is 0 Å². The van der Waals surface area contributed by atoms with Crippen molar-refractivity contribution in [3.63, 3.8) is 0 Å². The maximum Gasteiger partial charge on any atom is 0.0322 e. The van der Waals surface area contributed by atoms with Gasteiger partial charge >= 0.3 is 0 Å². The molecule has 1 atom stereocenters. The highest BCUT2D eigenvalue weighted by molar-refractivity contribution is 7.10. The molecule has 4 heteroatoms. The molecule has 1 aliphatic heterocycles. The highest BCUT2D eigenvalue weighted by Crippen LogP contribution is 2.16. The van der Waals surface area contributed by atoms with Gasteiger partial charge in [0.1, 0.15) is 0 Å². The molecule has 1 unspecified atom stereocenters. The molecule has 18 heavy (non-hydrogen) atoms. The van der Waals surface area contributed by atoms with Crippen molar-refractivity contribution in [2.45, 2.75) is 19.4 Å². The van der Waals surface area contributed by atoms with Gasteiger partial charge in [0.25, 0.3) is 0 Å². The Labute approximate surface area is 115 Å². The molecule has 2 rings (SSSR count). The van der Waals surface area contributed by atoms with E-state index in [1.165, 1.54) is 30.0 Å². The first-order valence-corrected chi connectivity index (χ1v) is 7.66. The average Bonchev–Trinajstić information content (AvgIpc) is 2.72. The zero-order valence-electron chi connectivity index (χ0n) is 11.8. The first-order valence-electron chi connectivity index (χ1n) is 6.78. The Balaban J connectivity index is 1.71. The number of aryl methyl sites for hydroxylation is 1. The summed E-state index contributed by atoms with van der Waals surface area (Å²) in [6.45, 7) is 7.98. The third kappa shape index (κ3) is 4.05. The molecule has 1 aliphatic rings. The van der Waals surface area contributed by atoms with Gasteiger partial charge in [-0.1, -0.05) is 0 Å². The lowest BCUT2D eigenvalue weighted by Gasteiger charge is -2.33. The molecule has 3 nitrogen and oxygen atoms in total. The Morgan fingerprint density at radius 1 is 1.56 bits per heavy atom. The molecule has 1 aromatic rings. The summed E-state index contributed by atoms with van der Waals surface area (Å²) in [5.74, 6) is 0. The van der Waals surface area contributed by atoms with Gasteiger partial charge in [-0.05, 0) is 44.4 Å². The topological polar surface area (TPSA) is 18.5 Å². The summed E-state index contributed by atoms with van der Waals surface area (Å²) >= 11 is 1.89. The standard InChI is InChI=1S/C14H25N3S/c1-12-5-9-18-14(12)4-7-16(2)10-13-11-17(3)8-6-15-13/h5,9,13,15H,4,6-8,10-11H2,1-3H3. The van der Waals surface area contributed by atoms with Crippen LogP contribution in [0.2, 0.25) is 0 Å². The number of nitrogens with zero attached hydrogens (tertiary/aromatic N) is 2. The summed E-state index contributed by atoms with van der Waals surface area (Å²) in [6.07, 6.45) is 1.18. The Kier molecular flexibility index (Phi) is 5.18. The van der Waals surface area contributed by atoms with Crippen molar-refractivity contribution >= 4 is 11.3 Å². The minimum atomic E-state index is 0.623. The molecule has 0 aromatic carbocycles. The van der Waals surface area contributed by atoms with Crippen LogP contribution in [0.4, 0.5) is 0 Å². The van der Waals surface area contributed by atoms with Gasteiger partial charge < -0.3 is 15.1 Å². The molecule has 0 radical (unpaired) electrons.